The number of carboxylic acid groups (broad SMARTS) is 1. The highest BCUT2D eigenvalue weighted by atomic mass is 16.5. The Morgan fingerprint density at radius 2 is 2.06 bits per heavy atom. The summed E-state index contributed by atoms with van der Waals surface area (Å²) in [5.74, 6) is 2.33. The molecule has 4 rings (SSSR count). The molecule has 1 aliphatic carbocycles. The number of benzene rings is 2. The molecule has 0 fully saturated rings. The highest BCUT2D eigenvalue weighted by molar-refractivity contribution is 5.68. The molecule has 0 aliphatic heterocycles. The zero-order valence-electron chi connectivity index (χ0n) is 18.1. The average Bonchev–Trinajstić information content (AvgIpc) is 3.31. The molecule has 0 spiro atoms. The number of oxazole rings is 1. The molecule has 1 N–H and O–H groups in total. The minimum absolute atomic E-state index is 0.109. The van der Waals surface area contributed by atoms with Gasteiger partial charge in [-0.15, -0.1) is 0 Å². The Morgan fingerprint density at radius 3 is 2.84 bits per heavy atom. The molecular formula is C25H27NO5. The van der Waals surface area contributed by atoms with E-state index in [2.05, 4.69) is 4.98 Å². The van der Waals surface area contributed by atoms with Gasteiger partial charge in [0.05, 0.1) is 25.8 Å². The Bertz CT molecular complexity index is 1100. The minimum Gasteiger partial charge on any atom is -0.496 e. The van der Waals surface area contributed by atoms with Crippen LogP contribution < -0.4 is 9.47 Å². The van der Waals surface area contributed by atoms with Crippen LogP contribution in [0.4, 0.5) is 0 Å². The number of rotatable bonds is 8. The van der Waals surface area contributed by atoms with Gasteiger partial charge in [0, 0.05) is 12.0 Å². The van der Waals surface area contributed by atoms with Crippen LogP contribution >= 0.6 is 0 Å². The van der Waals surface area contributed by atoms with Crippen molar-refractivity contribution in [1.82, 2.24) is 4.98 Å². The van der Waals surface area contributed by atoms with Crippen LogP contribution in [-0.2, 0) is 17.6 Å². The first-order valence-corrected chi connectivity index (χ1v) is 10.5. The van der Waals surface area contributed by atoms with Crippen molar-refractivity contribution < 1.29 is 23.8 Å². The van der Waals surface area contributed by atoms with Crippen LogP contribution in [0, 0.1) is 13.8 Å². The van der Waals surface area contributed by atoms with Gasteiger partial charge in [0.1, 0.15) is 17.3 Å². The number of ether oxygens (including phenoxy) is 2. The molecular weight excluding hydrogens is 394 g/mol. The van der Waals surface area contributed by atoms with Crippen molar-refractivity contribution in [3.63, 3.8) is 0 Å². The van der Waals surface area contributed by atoms with Crippen molar-refractivity contribution in [2.24, 2.45) is 0 Å². The van der Waals surface area contributed by atoms with Crippen molar-refractivity contribution >= 4 is 5.97 Å². The Morgan fingerprint density at radius 1 is 1.23 bits per heavy atom. The van der Waals surface area contributed by atoms with Gasteiger partial charge >= 0.3 is 5.97 Å². The van der Waals surface area contributed by atoms with E-state index in [0.29, 0.717) is 18.9 Å². The molecule has 3 aromatic rings. The van der Waals surface area contributed by atoms with Crippen molar-refractivity contribution in [1.29, 1.82) is 0 Å². The number of hydrogen-bond acceptors (Lipinski definition) is 5. The van der Waals surface area contributed by atoms with Crippen molar-refractivity contribution in [2.75, 3.05) is 13.7 Å². The molecule has 6 heteroatoms. The number of carboxylic acids is 1. The Kier molecular flexibility index (Phi) is 5.98. The van der Waals surface area contributed by atoms with Gasteiger partial charge in [0.2, 0.25) is 5.89 Å². The van der Waals surface area contributed by atoms with Crippen LogP contribution in [0.5, 0.6) is 11.5 Å². The maximum Gasteiger partial charge on any atom is 0.303 e. The van der Waals surface area contributed by atoms with Gasteiger partial charge in [-0.2, -0.15) is 0 Å². The monoisotopic (exact) mass is 421 g/mol. The Labute approximate surface area is 181 Å². The fourth-order valence-electron chi connectivity index (χ4n) is 4.20. The van der Waals surface area contributed by atoms with E-state index in [4.69, 9.17) is 19.0 Å². The summed E-state index contributed by atoms with van der Waals surface area (Å²) in [7, 11) is 1.65. The number of fused-ring (bicyclic) bond motifs is 1. The smallest absolute Gasteiger partial charge is 0.303 e. The van der Waals surface area contributed by atoms with Gasteiger partial charge < -0.3 is 19.0 Å². The number of aliphatic carboxylic acids is 1. The van der Waals surface area contributed by atoms with Gasteiger partial charge in [-0.1, -0.05) is 12.1 Å². The second-order valence-electron chi connectivity index (χ2n) is 8.00. The summed E-state index contributed by atoms with van der Waals surface area (Å²) in [6.45, 7) is 4.40. The summed E-state index contributed by atoms with van der Waals surface area (Å²) >= 11 is 0. The SMILES string of the molecule is COc1cc(-c2nc(CCOc3ccc4c(c3)CC[C@H]4CC(=O)O)c(C)o2)ccc1C. The lowest BCUT2D eigenvalue weighted by Gasteiger charge is -2.10. The molecule has 31 heavy (non-hydrogen) atoms. The molecule has 0 unspecified atom stereocenters. The third kappa shape index (κ3) is 4.58. The maximum absolute atomic E-state index is 11.0. The van der Waals surface area contributed by atoms with E-state index in [9.17, 15) is 4.79 Å². The standard InChI is InChI=1S/C25H27NO5/c1-15-4-5-19(13-23(15)29-3)25-26-22(16(2)31-25)10-11-30-20-8-9-21-17(12-20)6-7-18(21)14-24(27)28/h4-5,8-9,12-13,18H,6-7,10-11,14H2,1-3H3,(H,27,28)/t18-/m0/s1. The quantitative estimate of drug-likeness (QED) is 0.545. The van der Waals surface area contributed by atoms with Crippen molar-refractivity contribution in [3.05, 3.63) is 64.5 Å². The zero-order valence-corrected chi connectivity index (χ0v) is 18.1. The van der Waals surface area contributed by atoms with E-state index in [1.54, 1.807) is 7.11 Å². The van der Waals surface area contributed by atoms with Gasteiger partial charge in [-0.3, -0.25) is 4.79 Å². The van der Waals surface area contributed by atoms with Crippen LogP contribution in [0.15, 0.2) is 40.8 Å². The van der Waals surface area contributed by atoms with Gasteiger partial charge in [-0.05, 0) is 73.6 Å². The number of methoxy groups -OCH3 is 1. The first kappa shape index (κ1) is 21.0. The molecule has 6 nitrogen and oxygen atoms in total. The largest absolute Gasteiger partial charge is 0.496 e. The zero-order chi connectivity index (χ0) is 22.0. The predicted molar refractivity (Wildman–Crippen MR) is 117 cm³/mol. The minimum atomic E-state index is -0.746. The van der Waals surface area contributed by atoms with E-state index < -0.39 is 5.97 Å². The molecule has 1 aromatic heterocycles. The molecule has 1 aliphatic rings. The normalized spacial score (nSPS) is 15.0. The Balaban J connectivity index is 1.39. The number of aromatic nitrogens is 1. The average molecular weight is 421 g/mol. The lowest BCUT2D eigenvalue weighted by Crippen LogP contribution is -2.04. The highest BCUT2D eigenvalue weighted by Gasteiger charge is 2.25. The summed E-state index contributed by atoms with van der Waals surface area (Å²) in [5.41, 5.74) is 5.15. The molecule has 0 bridgehead atoms. The molecule has 0 saturated heterocycles. The summed E-state index contributed by atoms with van der Waals surface area (Å²) in [6, 6.07) is 11.9. The van der Waals surface area contributed by atoms with E-state index in [0.717, 1.165) is 52.5 Å². The Hall–Kier alpha value is -3.28. The van der Waals surface area contributed by atoms with Crippen LogP contribution in [-0.4, -0.2) is 29.8 Å². The summed E-state index contributed by atoms with van der Waals surface area (Å²) in [6.07, 6.45) is 2.61. The van der Waals surface area contributed by atoms with Crippen LogP contribution in [0.25, 0.3) is 11.5 Å². The number of carbonyl (C=O) groups is 1. The van der Waals surface area contributed by atoms with E-state index in [1.807, 2.05) is 50.2 Å². The van der Waals surface area contributed by atoms with Gasteiger partial charge in [0.25, 0.3) is 0 Å². The lowest BCUT2D eigenvalue weighted by molar-refractivity contribution is -0.137. The van der Waals surface area contributed by atoms with Crippen LogP contribution in [0.1, 0.15) is 46.9 Å². The summed E-state index contributed by atoms with van der Waals surface area (Å²) < 4.78 is 17.2. The van der Waals surface area contributed by atoms with Crippen LogP contribution in [0.2, 0.25) is 0 Å². The first-order valence-electron chi connectivity index (χ1n) is 10.5. The van der Waals surface area contributed by atoms with Gasteiger partial charge in [-0.25, -0.2) is 4.98 Å². The lowest BCUT2D eigenvalue weighted by atomic mass is 9.98. The second-order valence-corrected chi connectivity index (χ2v) is 8.00. The maximum atomic E-state index is 11.0. The summed E-state index contributed by atoms with van der Waals surface area (Å²) in [4.78, 5) is 15.7. The third-order valence-corrected chi connectivity index (χ3v) is 5.89. The molecule has 162 valence electrons. The predicted octanol–water partition coefficient (Wildman–Crippen LogP) is 5.09. The summed E-state index contributed by atoms with van der Waals surface area (Å²) in [5, 5.41) is 9.07. The molecule has 1 heterocycles. The molecule has 0 radical (unpaired) electrons. The van der Waals surface area contributed by atoms with E-state index in [-0.39, 0.29) is 12.3 Å². The number of aryl methyl sites for hydroxylation is 3. The fraction of sp³-hybridized carbons (Fsp3) is 0.360. The topological polar surface area (TPSA) is 81.8 Å². The molecule has 1 atom stereocenters. The first-order chi connectivity index (χ1) is 14.9. The second kappa shape index (κ2) is 8.84. The number of hydrogen-bond donors (Lipinski definition) is 1. The molecule has 2 aromatic carbocycles. The van der Waals surface area contributed by atoms with Crippen molar-refractivity contribution in [2.45, 2.75) is 45.4 Å². The van der Waals surface area contributed by atoms with Crippen LogP contribution in [0.3, 0.4) is 0 Å². The number of nitrogens with zero attached hydrogens (tertiary/aromatic N) is 1. The van der Waals surface area contributed by atoms with Crippen molar-refractivity contribution in [3.8, 4) is 23.0 Å². The highest BCUT2D eigenvalue weighted by Crippen LogP contribution is 2.37. The third-order valence-electron chi connectivity index (χ3n) is 5.89. The fourth-order valence-corrected chi connectivity index (χ4v) is 4.20. The van der Waals surface area contributed by atoms with E-state index in [1.165, 1.54) is 5.56 Å². The molecule has 0 amide bonds. The van der Waals surface area contributed by atoms with Gasteiger partial charge in [0.15, 0.2) is 0 Å². The van der Waals surface area contributed by atoms with E-state index >= 15 is 0 Å². The molecule has 0 saturated carbocycles.